The van der Waals surface area contributed by atoms with Gasteiger partial charge in [0.15, 0.2) is 0 Å². The van der Waals surface area contributed by atoms with E-state index < -0.39 is 0 Å². The third-order valence-corrected chi connectivity index (χ3v) is 2.31. The van der Waals surface area contributed by atoms with Crippen LogP contribution in [0.15, 0.2) is 35.5 Å². The molecule has 0 saturated heterocycles. The molecule has 0 saturated carbocycles. The molecule has 2 N–H and O–H groups in total. The molecule has 82 valence electrons. The molecule has 0 bridgehead atoms. The number of nitrogens with two attached hydrogens (primary N) is 1. The van der Waals surface area contributed by atoms with Gasteiger partial charge in [-0.3, -0.25) is 4.98 Å². The van der Waals surface area contributed by atoms with E-state index in [0.29, 0.717) is 22.4 Å². The molecule has 1 heterocycles. The summed E-state index contributed by atoms with van der Waals surface area (Å²) in [5.41, 5.74) is 6.86. The number of nitrogens with zero attached hydrogens (tertiary/aromatic N) is 2. The molecule has 0 atom stereocenters. The average Bonchev–Trinajstić information content (AvgIpc) is 2.28. The maximum atomic E-state index is 13.0. The first-order valence-electron chi connectivity index (χ1n) is 4.63. The number of hydrogen-bond acceptors (Lipinski definition) is 2. The van der Waals surface area contributed by atoms with Crippen LogP contribution in [0.25, 0.3) is 10.9 Å². The monoisotopic (exact) mass is 237 g/mol. The van der Waals surface area contributed by atoms with Gasteiger partial charge in [-0.05, 0) is 24.3 Å². The predicted octanol–water partition coefficient (Wildman–Crippen LogP) is 2.60. The largest absolute Gasteiger partial charge is 0.386 e. The third kappa shape index (κ3) is 2.28. The number of rotatable bonds is 2. The van der Waals surface area contributed by atoms with Crippen molar-refractivity contribution >= 4 is 34.0 Å². The van der Waals surface area contributed by atoms with Crippen LogP contribution >= 0.6 is 11.6 Å². The third-order valence-electron chi connectivity index (χ3n) is 2.04. The van der Waals surface area contributed by atoms with Crippen molar-refractivity contribution in [2.24, 2.45) is 10.7 Å². The molecule has 2 rings (SSSR count). The Hall–Kier alpha value is -1.68. The van der Waals surface area contributed by atoms with E-state index in [1.54, 1.807) is 18.2 Å². The zero-order valence-electron chi connectivity index (χ0n) is 8.32. The van der Waals surface area contributed by atoms with Crippen molar-refractivity contribution in [1.29, 1.82) is 0 Å². The van der Waals surface area contributed by atoms with Gasteiger partial charge in [0.1, 0.15) is 11.7 Å². The van der Waals surface area contributed by atoms with Crippen LogP contribution in [0.2, 0.25) is 0 Å². The summed E-state index contributed by atoms with van der Waals surface area (Å²) in [5, 5.41) is 0.684. The predicted molar refractivity (Wildman–Crippen MR) is 63.7 cm³/mol. The zero-order valence-corrected chi connectivity index (χ0v) is 9.08. The molecule has 0 radical (unpaired) electrons. The summed E-state index contributed by atoms with van der Waals surface area (Å²) in [6, 6.07) is 6.63. The van der Waals surface area contributed by atoms with Crippen molar-refractivity contribution < 1.29 is 4.39 Å². The normalized spacial score (nSPS) is 12.0. The lowest BCUT2D eigenvalue weighted by Gasteiger charge is -2.00. The van der Waals surface area contributed by atoms with Crippen molar-refractivity contribution in [3.05, 3.63) is 36.3 Å². The Labute approximate surface area is 96.8 Å². The number of fused-ring (bicyclic) bond motifs is 1. The van der Waals surface area contributed by atoms with Gasteiger partial charge in [-0.2, -0.15) is 0 Å². The molecule has 0 aliphatic rings. The SMILES string of the molecule is NC(CCl)=Nc1ccc2ncc(F)cc2c1. The first kappa shape index (κ1) is 10.8. The van der Waals surface area contributed by atoms with E-state index >= 15 is 0 Å². The molecular weight excluding hydrogens is 229 g/mol. The molecule has 1 aromatic heterocycles. The molecule has 1 aromatic carbocycles. The second-order valence-electron chi connectivity index (χ2n) is 3.27. The van der Waals surface area contributed by atoms with E-state index in [4.69, 9.17) is 17.3 Å². The van der Waals surface area contributed by atoms with Crippen LogP contribution in [0, 0.1) is 5.82 Å². The van der Waals surface area contributed by atoms with E-state index in [-0.39, 0.29) is 11.7 Å². The Morgan fingerprint density at radius 1 is 1.44 bits per heavy atom. The van der Waals surface area contributed by atoms with Crippen LogP contribution in [0.4, 0.5) is 10.1 Å². The van der Waals surface area contributed by atoms with Crippen LogP contribution in [-0.2, 0) is 0 Å². The molecule has 16 heavy (non-hydrogen) atoms. The number of aliphatic imine (C=N–C) groups is 1. The van der Waals surface area contributed by atoms with Crippen molar-refractivity contribution in [3.8, 4) is 0 Å². The van der Waals surface area contributed by atoms with Crippen LogP contribution in [0.1, 0.15) is 0 Å². The van der Waals surface area contributed by atoms with E-state index in [1.165, 1.54) is 12.3 Å². The molecule has 3 nitrogen and oxygen atoms in total. The first-order chi connectivity index (χ1) is 7.69. The Kier molecular flexibility index (Phi) is 3.01. The molecule has 0 unspecified atom stereocenters. The van der Waals surface area contributed by atoms with Gasteiger partial charge >= 0.3 is 0 Å². The summed E-state index contributed by atoms with van der Waals surface area (Å²) >= 11 is 5.52. The maximum absolute atomic E-state index is 13.0. The fourth-order valence-corrected chi connectivity index (χ4v) is 1.42. The van der Waals surface area contributed by atoms with E-state index in [1.807, 2.05) is 0 Å². The second-order valence-corrected chi connectivity index (χ2v) is 3.53. The Morgan fingerprint density at radius 2 is 2.25 bits per heavy atom. The Bertz CT molecular complexity index is 554. The molecule has 5 heteroatoms. The number of amidine groups is 1. The van der Waals surface area contributed by atoms with Crippen molar-refractivity contribution in [1.82, 2.24) is 4.98 Å². The highest BCUT2D eigenvalue weighted by atomic mass is 35.5. The smallest absolute Gasteiger partial charge is 0.142 e. The number of halogens is 2. The summed E-state index contributed by atoms with van der Waals surface area (Å²) < 4.78 is 13.0. The summed E-state index contributed by atoms with van der Waals surface area (Å²) in [6.07, 6.45) is 1.18. The minimum absolute atomic E-state index is 0.166. The van der Waals surface area contributed by atoms with Crippen LogP contribution in [0.3, 0.4) is 0 Å². The number of alkyl halides is 1. The standard InChI is InChI=1S/C11H9ClFN3/c12-5-11(14)16-9-1-2-10-7(4-9)3-8(13)6-15-10/h1-4,6H,5H2,(H2,14,16). The van der Waals surface area contributed by atoms with Crippen molar-refractivity contribution in [2.75, 3.05) is 5.88 Å². The zero-order chi connectivity index (χ0) is 11.5. The highest BCUT2D eigenvalue weighted by Crippen LogP contribution is 2.20. The lowest BCUT2D eigenvalue weighted by molar-refractivity contribution is 0.624. The molecular formula is C11H9ClFN3. The molecule has 0 aliphatic heterocycles. The first-order valence-corrected chi connectivity index (χ1v) is 5.17. The fourth-order valence-electron chi connectivity index (χ4n) is 1.36. The minimum Gasteiger partial charge on any atom is -0.386 e. The Balaban J connectivity index is 2.50. The topological polar surface area (TPSA) is 51.3 Å². The van der Waals surface area contributed by atoms with Gasteiger partial charge in [0, 0.05) is 5.39 Å². The van der Waals surface area contributed by atoms with E-state index in [0.717, 1.165) is 0 Å². The highest BCUT2D eigenvalue weighted by Gasteiger charge is 1.99. The highest BCUT2D eigenvalue weighted by molar-refractivity contribution is 6.28. The average molecular weight is 238 g/mol. The quantitative estimate of drug-likeness (QED) is 0.496. The fraction of sp³-hybridized carbons (Fsp3) is 0.0909. The number of benzene rings is 1. The molecule has 0 amide bonds. The van der Waals surface area contributed by atoms with Crippen LogP contribution in [-0.4, -0.2) is 16.7 Å². The van der Waals surface area contributed by atoms with E-state index in [2.05, 4.69) is 9.98 Å². The summed E-state index contributed by atoms with van der Waals surface area (Å²) in [6.45, 7) is 0. The van der Waals surface area contributed by atoms with Gasteiger partial charge in [0.25, 0.3) is 0 Å². The van der Waals surface area contributed by atoms with Crippen LogP contribution < -0.4 is 5.73 Å². The summed E-state index contributed by atoms with van der Waals surface area (Å²) in [7, 11) is 0. The number of hydrogen-bond donors (Lipinski definition) is 1. The van der Waals surface area contributed by atoms with Crippen LogP contribution in [0.5, 0.6) is 0 Å². The molecule has 0 aliphatic carbocycles. The molecule has 0 spiro atoms. The Morgan fingerprint density at radius 3 is 3.00 bits per heavy atom. The second kappa shape index (κ2) is 4.45. The molecule has 0 fully saturated rings. The van der Waals surface area contributed by atoms with Gasteiger partial charge in [-0.1, -0.05) is 0 Å². The van der Waals surface area contributed by atoms with E-state index in [9.17, 15) is 4.39 Å². The lowest BCUT2D eigenvalue weighted by atomic mass is 10.2. The molecule has 2 aromatic rings. The van der Waals surface area contributed by atoms with Gasteiger partial charge in [0.05, 0.1) is 23.3 Å². The summed E-state index contributed by atoms with van der Waals surface area (Å²) in [5.74, 6) is 0.115. The number of aromatic nitrogens is 1. The van der Waals surface area contributed by atoms with Gasteiger partial charge in [-0.15, -0.1) is 11.6 Å². The van der Waals surface area contributed by atoms with Gasteiger partial charge in [-0.25, -0.2) is 9.38 Å². The van der Waals surface area contributed by atoms with Crippen molar-refractivity contribution in [2.45, 2.75) is 0 Å². The van der Waals surface area contributed by atoms with Gasteiger partial charge < -0.3 is 5.73 Å². The minimum atomic E-state index is -0.376. The van der Waals surface area contributed by atoms with Crippen molar-refractivity contribution in [3.63, 3.8) is 0 Å². The van der Waals surface area contributed by atoms with Gasteiger partial charge in [0.2, 0.25) is 0 Å². The number of pyridine rings is 1. The lowest BCUT2D eigenvalue weighted by Crippen LogP contribution is -2.12. The summed E-state index contributed by atoms with van der Waals surface area (Å²) in [4.78, 5) is 8.01. The maximum Gasteiger partial charge on any atom is 0.142 e.